The van der Waals surface area contributed by atoms with Gasteiger partial charge >= 0.3 is 6.09 Å². The molecule has 1 aliphatic rings. The molecular formula is C17H16N2O5S. The highest BCUT2D eigenvalue weighted by Crippen LogP contribution is 2.46. The lowest BCUT2D eigenvalue weighted by molar-refractivity contribution is -0.127. The number of hydrogen-bond donors (Lipinski definition) is 1. The lowest BCUT2D eigenvalue weighted by Gasteiger charge is -2.33. The number of methoxy groups -OCH3 is 1. The van der Waals surface area contributed by atoms with E-state index in [1.54, 1.807) is 36.4 Å². The van der Waals surface area contributed by atoms with Crippen molar-refractivity contribution in [2.75, 3.05) is 7.11 Å². The van der Waals surface area contributed by atoms with Gasteiger partial charge in [-0.05, 0) is 11.6 Å². The van der Waals surface area contributed by atoms with Gasteiger partial charge in [0.2, 0.25) is 5.91 Å². The van der Waals surface area contributed by atoms with Gasteiger partial charge in [0.1, 0.15) is 0 Å². The summed E-state index contributed by atoms with van der Waals surface area (Å²) in [4.78, 5) is 24.7. The molecule has 7 nitrogen and oxygen atoms in total. The van der Waals surface area contributed by atoms with Crippen LogP contribution in [0.2, 0.25) is 0 Å². The molecule has 2 amide bonds. The predicted octanol–water partition coefficient (Wildman–Crippen LogP) is 1.38. The number of nitrogens with two attached hydrogens (primary N) is 1. The van der Waals surface area contributed by atoms with Gasteiger partial charge in [0.05, 0.1) is 12.0 Å². The average molecular weight is 360 g/mol. The standard InChI is InChI=1S/C17H16N2O5S/c1-24-16(21)19-17(15(18)20,11-12-7-3-2-4-8-12)13-9-5-6-10-14(13)25(19,22)23/h2-10H,11H2,1H3,(H2,18,20)/t17-/m0/s1. The Hall–Kier alpha value is -2.87. The number of primary amides is 1. The maximum absolute atomic E-state index is 12.9. The smallest absolute Gasteiger partial charge is 0.424 e. The van der Waals surface area contributed by atoms with E-state index in [1.165, 1.54) is 18.2 Å². The van der Waals surface area contributed by atoms with E-state index in [2.05, 4.69) is 4.74 Å². The van der Waals surface area contributed by atoms with Gasteiger partial charge in [-0.3, -0.25) is 4.79 Å². The third-order valence-electron chi connectivity index (χ3n) is 4.25. The Morgan fingerprint density at radius 3 is 2.28 bits per heavy atom. The third-order valence-corrected chi connectivity index (χ3v) is 6.10. The molecule has 8 heteroatoms. The summed E-state index contributed by atoms with van der Waals surface area (Å²) in [6.07, 6.45) is -1.25. The fourth-order valence-corrected chi connectivity index (χ4v) is 5.06. The number of rotatable bonds is 3. The average Bonchev–Trinajstić information content (AvgIpc) is 2.81. The molecule has 3 rings (SSSR count). The first kappa shape index (κ1) is 17.0. The normalized spacial score (nSPS) is 20.8. The summed E-state index contributed by atoms with van der Waals surface area (Å²) in [7, 11) is -3.22. The lowest BCUT2D eigenvalue weighted by Crippen LogP contribution is -2.56. The highest BCUT2D eigenvalue weighted by molar-refractivity contribution is 7.90. The molecule has 25 heavy (non-hydrogen) atoms. The summed E-state index contributed by atoms with van der Waals surface area (Å²) >= 11 is 0. The molecule has 0 aromatic heterocycles. The summed E-state index contributed by atoms with van der Waals surface area (Å²) in [6, 6.07) is 14.7. The number of sulfonamides is 1. The van der Waals surface area contributed by atoms with Crippen LogP contribution in [0.1, 0.15) is 11.1 Å². The molecule has 0 aliphatic carbocycles. The van der Waals surface area contributed by atoms with Gasteiger partial charge in [0, 0.05) is 12.0 Å². The van der Waals surface area contributed by atoms with Crippen molar-refractivity contribution in [2.45, 2.75) is 16.9 Å². The van der Waals surface area contributed by atoms with E-state index in [4.69, 9.17) is 5.73 Å². The predicted molar refractivity (Wildman–Crippen MR) is 88.9 cm³/mol. The molecule has 0 saturated carbocycles. The molecule has 1 aliphatic heterocycles. The van der Waals surface area contributed by atoms with Crippen molar-refractivity contribution in [3.05, 3.63) is 65.7 Å². The van der Waals surface area contributed by atoms with Gasteiger partial charge < -0.3 is 10.5 Å². The minimum Gasteiger partial charge on any atom is -0.452 e. The van der Waals surface area contributed by atoms with Crippen molar-refractivity contribution in [1.82, 2.24) is 4.31 Å². The van der Waals surface area contributed by atoms with Gasteiger partial charge in [0.15, 0.2) is 5.54 Å². The second kappa shape index (κ2) is 5.89. The van der Waals surface area contributed by atoms with Crippen molar-refractivity contribution in [2.24, 2.45) is 5.73 Å². The number of amides is 2. The van der Waals surface area contributed by atoms with E-state index in [0.717, 1.165) is 7.11 Å². The molecule has 0 spiro atoms. The zero-order valence-corrected chi connectivity index (χ0v) is 14.2. The monoisotopic (exact) mass is 360 g/mol. The van der Waals surface area contributed by atoms with Crippen LogP contribution in [0, 0.1) is 0 Å². The van der Waals surface area contributed by atoms with Crippen LogP contribution in [0.25, 0.3) is 0 Å². The Bertz CT molecular complexity index is 943. The number of ether oxygens (including phenoxy) is 1. The Balaban J connectivity index is 2.33. The number of fused-ring (bicyclic) bond motifs is 1. The largest absolute Gasteiger partial charge is 0.452 e. The zero-order chi connectivity index (χ0) is 18.2. The summed E-state index contributed by atoms with van der Waals surface area (Å²) < 4.78 is 30.9. The van der Waals surface area contributed by atoms with Crippen molar-refractivity contribution >= 4 is 22.0 Å². The molecule has 130 valence electrons. The van der Waals surface area contributed by atoms with E-state index in [-0.39, 0.29) is 16.9 Å². The minimum atomic E-state index is -4.27. The maximum atomic E-state index is 12.9. The SMILES string of the molecule is COC(=O)N1[C@](Cc2ccccc2)(C(N)=O)c2ccccc2S1(=O)=O. The van der Waals surface area contributed by atoms with Crippen molar-refractivity contribution < 1.29 is 22.7 Å². The molecule has 0 fully saturated rings. The van der Waals surface area contributed by atoms with E-state index < -0.39 is 27.6 Å². The third kappa shape index (κ3) is 2.37. The van der Waals surface area contributed by atoms with E-state index in [9.17, 15) is 18.0 Å². The number of nitrogens with zero attached hydrogens (tertiary/aromatic N) is 1. The van der Waals surface area contributed by atoms with Crippen LogP contribution in [-0.2, 0) is 31.5 Å². The molecule has 2 aromatic carbocycles. The van der Waals surface area contributed by atoms with E-state index in [0.29, 0.717) is 9.87 Å². The minimum absolute atomic E-state index is 0.0888. The van der Waals surface area contributed by atoms with Crippen LogP contribution >= 0.6 is 0 Å². The summed E-state index contributed by atoms with van der Waals surface area (Å²) in [5.41, 5.74) is 4.58. The number of hydrogen-bond acceptors (Lipinski definition) is 5. The van der Waals surface area contributed by atoms with Crippen LogP contribution in [0.5, 0.6) is 0 Å². The molecule has 2 aromatic rings. The van der Waals surface area contributed by atoms with Gasteiger partial charge in [-0.15, -0.1) is 0 Å². The van der Waals surface area contributed by atoms with Crippen LogP contribution in [0.3, 0.4) is 0 Å². The molecule has 0 radical (unpaired) electrons. The first-order valence-electron chi connectivity index (χ1n) is 7.42. The van der Waals surface area contributed by atoms with Crippen LogP contribution in [0.4, 0.5) is 4.79 Å². The molecule has 0 unspecified atom stereocenters. The first-order chi connectivity index (χ1) is 11.9. The second-order valence-electron chi connectivity index (χ2n) is 5.62. The van der Waals surface area contributed by atoms with Gasteiger partial charge in [-0.2, -0.15) is 4.31 Å². The van der Waals surface area contributed by atoms with Crippen molar-refractivity contribution in [1.29, 1.82) is 0 Å². The second-order valence-corrected chi connectivity index (χ2v) is 7.38. The fourth-order valence-electron chi connectivity index (χ4n) is 3.16. The Morgan fingerprint density at radius 2 is 1.68 bits per heavy atom. The Labute approximate surface area is 145 Å². The van der Waals surface area contributed by atoms with Crippen LogP contribution in [-0.4, -0.2) is 31.8 Å². The first-order valence-corrected chi connectivity index (χ1v) is 8.86. The summed E-state index contributed by atoms with van der Waals surface area (Å²) in [5.74, 6) is -0.949. The number of benzene rings is 2. The quantitative estimate of drug-likeness (QED) is 0.890. The highest BCUT2D eigenvalue weighted by atomic mass is 32.2. The topological polar surface area (TPSA) is 107 Å². The Kier molecular flexibility index (Phi) is 4.00. The highest BCUT2D eigenvalue weighted by Gasteiger charge is 2.60. The zero-order valence-electron chi connectivity index (χ0n) is 13.4. The Morgan fingerprint density at radius 1 is 1.08 bits per heavy atom. The van der Waals surface area contributed by atoms with Crippen LogP contribution in [0.15, 0.2) is 59.5 Å². The van der Waals surface area contributed by atoms with Crippen molar-refractivity contribution in [3.8, 4) is 0 Å². The molecule has 2 N–H and O–H groups in total. The molecule has 0 bridgehead atoms. The van der Waals surface area contributed by atoms with Gasteiger partial charge in [0.25, 0.3) is 10.0 Å². The van der Waals surface area contributed by atoms with Crippen LogP contribution < -0.4 is 5.73 Å². The number of carbonyl (C=O) groups is 2. The summed E-state index contributed by atoms with van der Waals surface area (Å²) in [6.45, 7) is 0. The molecule has 1 heterocycles. The van der Waals surface area contributed by atoms with Gasteiger partial charge in [-0.1, -0.05) is 48.5 Å². The van der Waals surface area contributed by atoms with E-state index in [1.807, 2.05) is 0 Å². The molecule has 1 atom stereocenters. The fraction of sp³-hybridized carbons (Fsp3) is 0.176. The van der Waals surface area contributed by atoms with Crippen molar-refractivity contribution in [3.63, 3.8) is 0 Å². The number of carbonyl (C=O) groups excluding carboxylic acids is 2. The lowest BCUT2D eigenvalue weighted by atomic mass is 9.83. The summed E-state index contributed by atoms with van der Waals surface area (Å²) in [5, 5.41) is 0. The molecule has 0 saturated heterocycles. The van der Waals surface area contributed by atoms with Gasteiger partial charge in [-0.25, -0.2) is 13.2 Å². The molecular weight excluding hydrogens is 344 g/mol. The maximum Gasteiger partial charge on any atom is 0.424 e. The van der Waals surface area contributed by atoms with E-state index >= 15 is 0 Å².